The Balaban J connectivity index is 1.52. The molecule has 0 bridgehead atoms. The van der Waals surface area contributed by atoms with Crippen molar-refractivity contribution in [2.75, 3.05) is 32.1 Å². The summed E-state index contributed by atoms with van der Waals surface area (Å²) < 4.78 is 5.97. The smallest absolute Gasteiger partial charge is 0.253 e. The van der Waals surface area contributed by atoms with Gasteiger partial charge in [0, 0.05) is 31.1 Å². The van der Waals surface area contributed by atoms with Crippen LogP contribution in [0.5, 0.6) is 17.4 Å². The number of carbonyl (C=O) groups is 1. The van der Waals surface area contributed by atoms with Crippen LogP contribution in [0.25, 0.3) is 11.1 Å². The molecule has 0 aliphatic carbocycles. The van der Waals surface area contributed by atoms with Crippen molar-refractivity contribution in [3.05, 3.63) is 84.1 Å². The van der Waals surface area contributed by atoms with Gasteiger partial charge in [-0.1, -0.05) is 67.6 Å². The Kier molecular flexibility index (Phi) is 8.69. The second-order valence-electron chi connectivity index (χ2n) is 10.2. The molecule has 3 aromatic carbocycles. The van der Waals surface area contributed by atoms with Crippen LogP contribution in [0.3, 0.4) is 0 Å². The molecule has 41 heavy (non-hydrogen) atoms. The van der Waals surface area contributed by atoms with E-state index < -0.39 is 0 Å². The lowest BCUT2D eigenvalue weighted by Crippen LogP contribution is -2.22. The first-order valence-electron chi connectivity index (χ1n) is 13.9. The summed E-state index contributed by atoms with van der Waals surface area (Å²) in [6.07, 6.45) is 3.27. The summed E-state index contributed by atoms with van der Waals surface area (Å²) in [6, 6.07) is 23.1. The summed E-state index contributed by atoms with van der Waals surface area (Å²) in [6.45, 7) is 3.35. The summed E-state index contributed by atoms with van der Waals surface area (Å²) in [7, 11) is 3.48. The standard InChI is InChI=1S/C33H35N3O4S/c1-4-5-13-26-29(36-20-10-21-40-28-15-9-8-14-27(28)36)30(37)31(32(38)34-26)41-23-18-16-22(17-19-23)24-11-6-7-12-25(24)33(39)35(2)3/h6-9,11-12,14-19H,4-5,10,13,20-21H2,1-3H3,(H2,34,37,38). The van der Waals surface area contributed by atoms with E-state index in [2.05, 4.69) is 16.8 Å². The quantitative estimate of drug-likeness (QED) is 0.231. The van der Waals surface area contributed by atoms with Crippen molar-refractivity contribution in [2.24, 2.45) is 0 Å². The maximum atomic E-state index is 12.7. The fourth-order valence-electron chi connectivity index (χ4n) is 5.02. The third-order valence-corrected chi connectivity index (χ3v) is 8.17. The van der Waals surface area contributed by atoms with E-state index in [1.165, 1.54) is 11.8 Å². The highest BCUT2D eigenvalue weighted by Crippen LogP contribution is 2.49. The van der Waals surface area contributed by atoms with Crippen molar-refractivity contribution in [3.8, 4) is 28.5 Å². The van der Waals surface area contributed by atoms with Gasteiger partial charge in [-0.15, -0.1) is 0 Å². The van der Waals surface area contributed by atoms with Gasteiger partial charge in [0.25, 0.3) is 5.91 Å². The fourth-order valence-corrected chi connectivity index (χ4v) is 5.86. The number of hydrogen-bond donors (Lipinski definition) is 2. The first-order valence-corrected chi connectivity index (χ1v) is 14.7. The molecule has 0 saturated heterocycles. The number of ether oxygens (including phenoxy) is 1. The van der Waals surface area contributed by atoms with Gasteiger partial charge in [0.1, 0.15) is 16.3 Å². The number of anilines is 2. The van der Waals surface area contributed by atoms with Crippen molar-refractivity contribution in [1.29, 1.82) is 0 Å². The Morgan fingerprint density at radius 3 is 2.51 bits per heavy atom. The second-order valence-corrected chi connectivity index (χ2v) is 11.3. The van der Waals surface area contributed by atoms with E-state index in [1.54, 1.807) is 19.0 Å². The van der Waals surface area contributed by atoms with Crippen LogP contribution in [0.15, 0.2) is 82.6 Å². The van der Waals surface area contributed by atoms with E-state index >= 15 is 0 Å². The summed E-state index contributed by atoms with van der Waals surface area (Å²) in [5.74, 6) is 0.525. The first kappa shape index (κ1) is 28.4. The maximum absolute atomic E-state index is 12.7. The molecule has 5 rings (SSSR count). The third-order valence-electron chi connectivity index (χ3n) is 7.08. The number of aromatic hydroxyl groups is 2. The zero-order valence-corrected chi connectivity index (χ0v) is 24.4. The zero-order chi connectivity index (χ0) is 28.9. The first-order chi connectivity index (χ1) is 19.9. The number of amides is 1. The molecule has 2 heterocycles. The molecule has 1 aliphatic heterocycles. The van der Waals surface area contributed by atoms with Gasteiger partial charge in [-0.3, -0.25) is 4.79 Å². The van der Waals surface area contributed by atoms with E-state index in [0.29, 0.717) is 41.4 Å². The molecular weight excluding hydrogens is 534 g/mol. The lowest BCUT2D eigenvalue weighted by Gasteiger charge is -2.28. The summed E-state index contributed by atoms with van der Waals surface area (Å²) >= 11 is 1.26. The molecule has 1 aromatic heterocycles. The number of unbranched alkanes of at least 4 members (excludes halogenated alkanes) is 1. The molecule has 0 fully saturated rings. The molecule has 2 N–H and O–H groups in total. The van der Waals surface area contributed by atoms with Crippen molar-refractivity contribution >= 4 is 29.0 Å². The van der Waals surface area contributed by atoms with Crippen LogP contribution < -0.4 is 9.64 Å². The minimum Gasteiger partial charge on any atom is -0.504 e. The van der Waals surface area contributed by atoms with E-state index in [-0.39, 0.29) is 17.5 Å². The highest BCUT2D eigenvalue weighted by molar-refractivity contribution is 7.99. The van der Waals surface area contributed by atoms with Gasteiger partial charge in [0.15, 0.2) is 5.75 Å². The van der Waals surface area contributed by atoms with Crippen LogP contribution in [0.1, 0.15) is 42.2 Å². The highest BCUT2D eigenvalue weighted by atomic mass is 32.2. The van der Waals surface area contributed by atoms with E-state index in [1.807, 2.05) is 72.8 Å². The minimum absolute atomic E-state index is 0.0105. The molecule has 8 heteroatoms. The normalized spacial score (nSPS) is 12.8. The third kappa shape index (κ3) is 5.98. The number of benzene rings is 3. The molecule has 0 unspecified atom stereocenters. The molecule has 7 nitrogen and oxygen atoms in total. The van der Waals surface area contributed by atoms with Gasteiger partial charge in [0.05, 0.1) is 18.0 Å². The molecule has 0 saturated carbocycles. The lowest BCUT2D eigenvalue weighted by atomic mass is 9.99. The number of para-hydroxylation sites is 2. The van der Waals surface area contributed by atoms with Crippen LogP contribution in [0, 0.1) is 0 Å². The second kappa shape index (κ2) is 12.6. The number of carbonyl (C=O) groups excluding carboxylic acids is 1. The van der Waals surface area contributed by atoms with E-state index in [4.69, 9.17) is 4.74 Å². The van der Waals surface area contributed by atoms with Crippen LogP contribution in [-0.2, 0) is 6.42 Å². The average Bonchev–Trinajstić information content (AvgIpc) is 3.20. The molecule has 212 valence electrons. The zero-order valence-electron chi connectivity index (χ0n) is 23.6. The monoisotopic (exact) mass is 569 g/mol. The van der Waals surface area contributed by atoms with Crippen molar-refractivity contribution in [3.63, 3.8) is 0 Å². The molecule has 4 aromatic rings. The number of aryl methyl sites for hydroxylation is 1. The number of rotatable bonds is 8. The van der Waals surface area contributed by atoms with Crippen LogP contribution in [0.2, 0.25) is 0 Å². The van der Waals surface area contributed by atoms with Crippen molar-refractivity contribution in [1.82, 2.24) is 9.88 Å². The van der Waals surface area contributed by atoms with Crippen molar-refractivity contribution in [2.45, 2.75) is 42.4 Å². The topological polar surface area (TPSA) is 86.1 Å². The Labute approximate surface area is 245 Å². The Morgan fingerprint density at radius 2 is 1.76 bits per heavy atom. The van der Waals surface area contributed by atoms with Crippen LogP contribution in [-0.4, -0.2) is 53.3 Å². The number of nitrogens with zero attached hydrogens (tertiary/aromatic N) is 3. The molecule has 1 amide bonds. The molecule has 1 aliphatic rings. The fraction of sp³-hybridized carbons (Fsp3) is 0.273. The predicted octanol–water partition coefficient (Wildman–Crippen LogP) is 7.28. The van der Waals surface area contributed by atoms with Gasteiger partial charge < -0.3 is 24.7 Å². The Hall–Kier alpha value is -4.17. The number of fused-ring (bicyclic) bond motifs is 1. The average molecular weight is 570 g/mol. The summed E-state index contributed by atoms with van der Waals surface area (Å²) in [5.41, 5.74) is 4.54. The number of hydrogen-bond acceptors (Lipinski definition) is 7. The van der Waals surface area contributed by atoms with Gasteiger partial charge in [-0.25, -0.2) is 4.98 Å². The highest BCUT2D eigenvalue weighted by Gasteiger charge is 2.28. The molecular formula is C33H35N3O4S. The maximum Gasteiger partial charge on any atom is 0.253 e. The van der Waals surface area contributed by atoms with Gasteiger partial charge in [-0.2, -0.15) is 0 Å². The molecule has 0 atom stereocenters. The van der Waals surface area contributed by atoms with Crippen LogP contribution >= 0.6 is 11.8 Å². The van der Waals surface area contributed by atoms with Gasteiger partial charge >= 0.3 is 0 Å². The Bertz CT molecular complexity index is 1540. The predicted molar refractivity (Wildman–Crippen MR) is 164 cm³/mol. The molecule has 0 spiro atoms. The van der Waals surface area contributed by atoms with E-state index in [9.17, 15) is 15.0 Å². The minimum atomic E-state index is -0.187. The van der Waals surface area contributed by atoms with Crippen LogP contribution in [0.4, 0.5) is 11.4 Å². The SMILES string of the molecule is CCCCc1nc(O)c(Sc2ccc(-c3ccccc3C(=O)N(C)C)cc2)c(O)c1N1CCCOc2ccccc21. The summed E-state index contributed by atoms with van der Waals surface area (Å²) in [5, 5.41) is 22.7. The Morgan fingerprint density at radius 1 is 1.02 bits per heavy atom. The van der Waals surface area contributed by atoms with E-state index in [0.717, 1.165) is 46.7 Å². The largest absolute Gasteiger partial charge is 0.504 e. The van der Waals surface area contributed by atoms with Gasteiger partial charge in [0.2, 0.25) is 5.88 Å². The molecule has 0 radical (unpaired) electrons. The number of pyridine rings is 1. The summed E-state index contributed by atoms with van der Waals surface area (Å²) in [4.78, 5) is 22.1. The van der Waals surface area contributed by atoms with Crippen molar-refractivity contribution < 1.29 is 19.7 Å². The number of aromatic nitrogens is 1. The lowest BCUT2D eigenvalue weighted by molar-refractivity contribution is 0.0828. The van der Waals surface area contributed by atoms with Gasteiger partial charge in [-0.05, 0) is 60.7 Å².